The summed E-state index contributed by atoms with van der Waals surface area (Å²) in [6, 6.07) is 17.8. The summed E-state index contributed by atoms with van der Waals surface area (Å²) in [5.74, 6) is 0.230. The van der Waals surface area contributed by atoms with E-state index in [4.69, 9.17) is 0 Å². The number of hydrogen-bond acceptors (Lipinski definition) is 3. The fraction of sp³-hybridized carbons (Fsp3) is 0.348. The van der Waals surface area contributed by atoms with E-state index in [0.29, 0.717) is 12.5 Å². The van der Waals surface area contributed by atoms with Gasteiger partial charge in [-0.15, -0.1) is 0 Å². The summed E-state index contributed by atoms with van der Waals surface area (Å²) < 4.78 is 0. The van der Waals surface area contributed by atoms with Crippen molar-refractivity contribution in [3.8, 4) is 0 Å². The number of nitrogens with zero attached hydrogens (tertiary/aromatic N) is 2. The minimum Gasteiger partial charge on any atom is -0.326 e. The molecule has 28 heavy (non-hydrogen) atoms. The van der Waals surface area contributed by atoms with Crippen molar-refractivity contribution in [1.29, 1.82) is 0 Å². The summed E-state index contributed by atoms with van der Waals surface area (Å²) in [7, 11) is 0. The summed E-state index contributed by atoms with van der Waals surface area (Å²) in [5.41, 5.74) is 3.98. The van der Waals surface area contributed by atoms with Crippen molar-refractivity contribution in [2.24, 2.45) is 5.10 Å². The number of amides is 2. The highest BCUT2D eigenvalue weighted by molar-refractivity contribution is 6.02. The van der Waals surface area contributed by atoms with Gasteiger partial charge in [-0.3, -0.25) is 9.59 Å². The fourth-order valence-corrected chi connectivity index (χ4v) is 3.17. The van der Waals surface area contributed by atoms with Crippen LogP contribution in [0.3, 0.4) is 0 Å². The van der Waals surface area contributed by atoms with Crippen LogP contribution >= 0.6 is 0 Å². The number of carbonyl (C=O) groups excluding carboxylic acids is 2. The van der Waals surface area contributed by atoms with Crippen LogP contribution < -0.4 is 5.32 Å². The molecule has 2 amide bonds. The third-order valence-corrected chi connectivity index (χ3v) is 5.14. The third kappa shape index (κ3) is 5.06. The molecule has 1 aliphatic heterocycles. The van der Waals surface area contributed by atoms with E-state index in [1.807, 2.05) is 54.6 Å². The van der Waals surface area contributed by atoms with E-state index in [1.165, 1.54) is 10.6 Å². The first kappa shape index (κ1) is 19.8. The molecule has 0 aliphatic carbocycles. The molecule has 1 unspecified atom stereocenters. The Morgan fingerprint density at radius 1 is 1.07 bits per heavy atom. The largest absolute Gasteiger partial charge is 0.326 e. The number of benzene rings is 2. The van der Waals surface area contributed by atoms with Crippen LogP contribution in [0.4, 0.5) is 5.69 Å². The minimum atomic E-state index is -0.156. The van der Waals surface area contributed by atoms with Gasteiger partial charge in [0.05, 0.1) is 12.3 Å². The van der Waals surface area contributed by atoms with Gasteiger partial charge in [-0.05, 0) is 35.6 Å². The zero-order valence-electron chi connectivity index (χ0n) is 16.5. The number of nitrogens with one attached hydrogen (secondary N) is 1. The van der Waals surface area contributed by atoms with Gasteiger partial charge >= 0.3 is 0 Å². The summed E-state index contributed by atoms with van der Waals surface area (Å²) in [6.45, 7) is 4.91. The normalized spacial score (nSPS) is 14.5. The molecule has 3 rings (SSSR count). The van der Waals surface area contributed by atoms with Crippen molar-refractivity contribution in [1.82, 2.24) is 5.01 Å². The molecule has 1 atom stereocenters. The van der Waals surface area contributed by atoms with Gasteiger partial charge < -0.3 is 5.32 Å². The van der Waals surface area contributed by atoms with E-state index in [9.17, 15) is 9.59 Å². The second-order valence-corrected chi connectivity index (χ2v) is 7.16. The van der Waals surface area contributed by atoms with Gasteiger partial charge in [0.2, 0.25) is 11.8 Å². The first-order chi connectivity index (χ1) is 13.6. The lowest BCUT2D eigenvalue weighted by Gasteiger charge is -2.12. The number of hydrogen-bond donors (Lipinski definition) is 1. The molecule has 1 aliphatic rings. The molecular weight excluding hydrogens is 350 g/mol. The number of carbonyl (C=O) groups is 2. The summed E-state index contributed by atoms with van der Waals surface area (Å²) in [6.07, 6.45) is 2.13. The topological polar surface area (TPSA) is 61.8 Å². The smallest absolute Gasteiger partial charge is 0.243 e. The molecule has 146 valence electrons. The lowest BCUT2D eigenvalue weighted by molar-refractivity contribution is -0.132. The molecule has 0 aromatic heterocycles. The van der Waals surface area contributed by atoms with Crippen molar-refractivity contribution < 1.29 is 9.59 Å². The quantitative estimate of drug-likeness (QED) is 0.769. The predicted molar refractivity (Wildman–Crippen MR) is 112 cm³/mol. The highest BCUT2D eigenvalue weighted by atomic mass is 16.2. The van der Waals surface area contributed by atoms with E-state index in [-0.39, 0.29) is 24.7 Å². The Bertz CT molecular complexity index is 844. The Morgan fingerprint density at radius 3 is 2.46 bits per heavy atom. The first-order valence-electron chi connectivity index (χ1n) is 9.90. The van der Waals surface area contributed by atoms with Gasteiger partial charge in [0.15, 0.2) is 0 Å². The molecule has 2 aromatic rings. The standard InChI is InChI=1S/C23H27N3O2/c1-3-17(2)18-9-11-20(12-10-18)24-22(27)13-14-23(28)26-16-15-21(25-26)19-7-5-4-6-8-19/h4-12,17H,3,13-16H2,1-2H3,(H,24,27). The van der Waals surface area contributed by atoms with Crippen LogP contribution in [-0.2, 0) is 9.59 Å². The van der Waals surface area contributed by atoms with Crippen LogP contribution in [0.1, 0.15) is 56.6 Å². The molecule has 0 fully saturated rings. The summed E-state index contributed by atoms with van der Waals surface area (Å²) >= 11 is 0. The molecule has 0 spiro atoms. The van der Waals surface area contributed by atoms with Crippen LogP contribution in [-0.4, -0.2) is 29.1 Å². The molecule has 1 heterocycles. The van der Waals surface area contributed by atoms with Crippen molar-refractivity contribution in [2.45, 2.75) is 45.4 Å². The summed E-state index contributed by atoms with van der Waals surface area (Å²) in [4.78, 5) is 24.5. The monoisotopic (exact) mass is 377 g/mol. The Hall–Kier alpha value is -2.95. The predicted octanol–water partition coefficient (Wildman–Crippen LogP) is 4.56. The average Bonchev–Trinajstić information content (AvgIpc) is 3.23. The van der Waals surface area contributed by atoms with Crippen molar-refractivity contribution in [3.05, 3.63) is 65.7 Å². The van der Waals surface area contributed by atoms with Gasteiger partial charge in [0, 0.05) is 24.9 Å². The molecule has 5 heteroatoms. The molecule has 0 saturated heterocycles. The Kier molecular flexibility index (Phi) is 6.58. The van der Waals surface area contributed by atoms with Crippen molar-refractivity contribution in [3.63, 3.8) is 0 Å². The molecule has 2 aromatic carbocycles. The zero-order chi connectivity index (χ0) is 19.9. The number of hydrazone groups is 1. The summed E-state index contributed by atoms with van der Waals surface area (Å²) in [5, 5.41) is 8.77. The number of anilines is 1. The average molecular weight is 377 g/mol. The van der Waals surface area contributed by atoms with Crippen molar-refractivity contribution >= 4 is 23.2 Å². The van der Waals surface area contributed by atoms with Gasteiger partial charge in [0.1, 0.15) is 0 Å². The molecule has 0 radical (unpaired) electrons. The van der Waals surface area contributed by atoms with E-state index in [1.54, 1.807) is 0 Å². The molecule has 0 saturated carbocycles. The lowest BCUT2D eigenvalue weighted by Crippen LogP contribution is -2.24. The number of rotatable bonds is 7. The maximum Gasteiger partial charge on any atom is 0.243 e. The SMILES string of the molecule is CCC(C)c1ccc(NC(=O)CCC(=O)N2CCC(c3ccccc3)=N2)cc1. The van der Waals surface area contributed by atoms with Crippen LogP contribution in [0.15, 0.2) is 59.7 Å². The molecule has 0 bridgehead atoms. The molecule has 1 N–H and O–H groups in total. The van der Waals surface area contributed by atoms with E-state index < -0.39 is 0 Å². The Labute approximate surface area is 166 Å². The maximum absolute atomic E-state index is 12.4. The third-order valence-electron chi connectivity index (χ3n) is 5.14. The minimum absolute atomic E-state index is 0.117. The van der Waals surface area contributed by atoms with E-state index in [0.717, 1.165) is 29.8 Å². The second-order valence-electron chi connectivity index (χ2n) is 7.16. The van der Waals surface area contributed by atoms with Gasteiger partial charge in [-0.25, -0.2) is 5.01 Å². The highest BCUT2D eigenvalue weighted by Gasteiger charge is 2.21. The fourth-order valence-electron chi connectivity index (χ4n) is 3.17. The molecule has 5 nitrogen and oxygen atoms in total. The molecular formula is C23H27N3O2. The van der Waals surface area contributed by atoms with Gasteiger partial charge in [-0.2, -0.15) is 5.10 Å². The highest BCUT2D eigenvalue weighted by Crippen LogP contribution is 2.21. The van der Waals surface area contributed by atoms with Crippen LogP contribution in [0, 0.1) is 0 Å². The maximum atomic E-state index is 12.4. The van der Waals surface area contributed by atoms with E-state index >= 15 is 0 Å². The lowest BCUT2D eigenvalue weighted by atomic mass is 9.99. The van der Waals surface area contributed by atoms with Crippen LogP contribution in [0.25, 0.3) is 0 Å². The van der Waals surface area contributed by atoms with Crippen molar-refractivity contribution in [2.75, 3.05) is 11.9 Å². The van der Waals surface area contributed by atoms with Crippen LogP contribution in [0.2, 0.25) is 0 Å². The van der Waals surface area contributed by atoms with Crippen LogP contribution in [0.5, 0.6) is 0 Å². The first-order valence-corrected chi connectivity index (χ1v) is 9.90. The zero-order valence-corrected chi connectivity index (χ0v) is 16.5. The Balaban J connectivity index is 1.48. The van der Waals surface area contributed by atoms with E-state index in [2.05, 4.69) is 24.3 Å². The Morgan fingerprint density at radius 2 is 1.79 bits per heavy atom. The second kappa shape index (κ2) is 9.31. The van der Waals surface area contributed by atoms with Gasteiger partial charge in [0.25, 0.3) is 0 Å². The van der Waals surface area contributed by atoms with Gasteiger partial charge in [-0.1, -0.05) is 56.3 Å².